The lowest BCUT2D eigenvalue weighted by Gasteiger charge is -2.20. The lowest BCUT2D eigenvalue weighted by atomic mass is 10.2. The van der Waals surface area contributed by atoms with Crippen molar-refractivity contribution in [2.45, 2.75) is 19.4 Å². The number of rotatable bonds is 8. The first-order valence-corrected chi connectivity index (χ1v) is 6.73. The van der Waals surface area contributed by atoms with Crippen LogP contribution in [0.5, 0.6) is 5.75 Å². The summed E-state index contributed by atoms with van der Waals surface area (Å²) in [5, 5.41) is 0. The van der Waals surface area contributed by atoms with Crippen molar-refractivity contribution in [3.8, 4) is 5.75 Å². The van der Waals surface area contributed by atoms with Crippen LogP contribution < -0.4 is 10.5 Å². The molecule has 0 aliphatic rings. The van der Waals surface area contributed by atoms with Crippen LogP contribution in [0.4, 0.5) is 0 Å². The van der Waals surface area contributed by atoms with E-state index in [0.717, 1.165) is 11.3 Å². The van der Waals surface area contributed by atoms with E-state index in [0.29, 0.717) is 26.1 Å². The maximum absolute atomic E-state index is 11.9. The number of ether oxygens (including phenoxy) is 2. The van der Waals surface area contributed by atoms with Gasteiger partial charge in [0.2, 0.25) is 5.91 Å². The molecule has 0 fully saturated rings. The van der Waals surface area contributed by atoms with E-state index in [9.17, 15) is 4.79 Å². The summed E-state index contributed by atoms with van der Waals surface area (Å²) in [7, 11) is 3.32. The molecule has 0 bridgehead atoms. The summed E-state index contributed by atoms with van der Waals surface area (Å²) < 4.78 is 10.7. The third-order valence-electron chi connectivity index (χ3n) is 3.11. The van der Waals surface area contributed by atoms with Gasteiger partial charge in [-0.1, -0.05) is 12.1 Å². The van der Waals surface area contributed by atoms with Crippen LogP contribution >= 0.6 is 0 Å². The van der Waals surface area contributed by atoms with Crippen molar-refractivity contribution in [2.24, 2.45) is 5.73 Å². The van der Waals surface area contributed by atoms with Crippen LogP contribution in [-0.2, 0) is 9.53 Å². The number of likely N-dealkylation sites (N-methyl/N-ethyl adjacent to an activating group) is 1. The molecule has 0 aliphatic carbocycles. The minimum atomic E-state index is -0.220. The maximum atomic E-state index is 11.9. The summed E-state index contributed by atoms with van der Waals surface area (Å²) >= 11 is 0. The van der Waals surface area contributed by atoms with Crippen LogP contribution in [0.3, 0.4) is 0 Å². The van der Waals surface area contributed by atoms with Crippen molar-refractivity contribution in [2.75, 3.05) is 33.9 Å². The highest BCUT2D eigenvalue weighted by Gasteiger charge is 2.15. The molecule has 5 nitrogen and oxygen atoms in total. The second-order valence-electron chi connectivity index (χ2n) is 4.78. The number of carbonyl (C=O) groups excluding carboxylic acids is 1. The molecule has 0 aromatic heterocycles. The Kier molecular flexibility index (Phi) is 7.04. The van der Waals surface area contributed by atoms with Gasteiger partial charge in [-0.15, -0.1) is 0 Å². The fourth-order valence-electron chi connectivity index (χ4n) is 1.74. The number of nitrogens with two attached hydrogens (primary N) is 1. The van der Waals surface area contributed by atoms with Crippen molar-refractivity contribution < 1.29 is 14.3 Å². The van der Waals surface area contributed by atoms with E-state index in [1.807, 2.05) is 31.2 Å². The van der Waals surface area contributed by atoms with Gasteiger partial charge in [0.15, 0.2) is 0 Å². The number of methoxy groups -OCH3 is 1. The lowest BCUT2D eigenvalue weighted by molar-refractivity contribution is -0.132. The fourth-order valence-corrected chi connectivity index (χ4v) is 1.74. The van der Waals surface area contributed by atoms with Crippen LogP contribution in [0, 0.1) is 6.92 Å². The molecule has 5 heteroatoms. The molecule has 1 amide bonds. The normalized spacial score (nSPS) is 12.0. The van der Waals surface area contributed by atoms with Crippen LogP contribution in [-0.4, -0.2) is 50.8 Å². The lowest BCUT2D eigenvalue weighted by Crippen LogP contribution is -2.35. The second kappa shape index (κ2) is 8.55. The first-order chi connectivity index (χ1) is 9.56. The van der Waals surface area contributed by atoms with E-state index < -0.39 is 0 Å². The average molecular weight is 280 g/mol. The number of hydrogen-bond acceptors (Lipinski definition) is 4. The molecule has 0 saturated carbocycles. The van der Waals surface area contributed by atoms with Crippen molar-refractivity contribution in [1.29, 1.82) is 0 Å². The van der Waals surface area contributed by atoms with Gasteiger partial charge in [-0.05, 0) is 24.6 Å². The molecule has 20 heavy (non-hydrogen) atoms. The summed E-state index contributed by atoms with van der Waals surface area (Å²) in [4.78, 5) is 13.5. The zero-order valence-electron chi connectivity index (χ0n) is 12.5. The highest BCUT2D eigenvalue weighted by Crippen LogP contribution is 2.12. The molecule has 0 aliphatic heterocycles. The van der Waals surface area contributed by atoms with E-state index >= 15 is 0 Å². The second-order valence-corrected chi connectivity index (χ2v) is 4.78. The molecular formula is C15H24N2O3. The van der Waals surface area contributed by atoms with Crippen LogP contribution in [0.1, 0.15) is 12.0 Å². The van der Waals surface area contributed by atoms with Gasteiger partial charge in [0.1, 0.15) is 12.4 Å². The predicted octanol–water partition coefficient (Wildman–Crippen LogP) is 1.20. The van der Waals surface area contributed by atoms with Crippen molar-refractivity contribution in [3.05, 3.63) is 29.8 Å². The minimum absolute atomic E-state index is 0.00939. The first kappa shape index (κ1) is 16.5. The highest BCUT2D eigenvalue weighted by atomic mass is 16.5. The molecule has 1 aromatic rings. The summed E-state index contributed by atoms with van der Waals surface area (Å²) in [5.74, 6) is 0.831. The zero-order chi connectivity index (χ0) is 15.0. The topological polar surface area (TPSA) is 64.8 Å². The smallest absolute Gasteiger partial charge is 0.225 e. The molecule has 1 atom stereocenters. The molecule has 0 heterocycles. The van der Waals surface area contributed by atoms with Crippen molar-refractivity contribution >= 4 is 5.91 Å². The third kappa shape index (κ3) is 5.59. The Hall–Kier alpha value is -1.59. The van der Waals surface area contributed by atoms with Crippen LogP contribution in [0.2, 0.25) is 0 Å². The van der Waals surface area contributed by atoms with E-state index in [-0.39, 0.29) is 12.0 Å². The number of nitrogens with zero attached hydrogens (tertiary/aromatic N) is 1. The Morgan fingerprint density at radius 1 is 1.45 bits per heavy atom. The molecule has 1 rings (SSSR count). The quantitative estimate of drug-likeness (QED) is 0.777. The van der Waals surface area contributed by atoms with Gasteiger partial charge in [0, 0.05) is 20.7 Å². The highest BCUT2D eigenvalue weighted by molar-refractivity contribution is 5.76. The molecule has 0 radical (unpaired) electrons. The average Bonchev–Trinajstić information content (AvgIpc) is 2.44. The number of benzene rings is 1. The maximum Gasteiger partial charge on any atom is 0.225 e. The van der Waals surface area contributed by atoms with Gasteiger partial charge in [0.25, 0.3) is 0 Å². The van der Waals surface area contributed by atoms with E-state index in [1.54, 1.807) is 19.1 Å². The summed E-state index contributed by atoms with van der Waals surface area (Å²) in [5.41, 5.74) is 6.65. The van der Waals surface area contributed by atoms with Gasteiger partial charge in [0.05, 0.1) is 19.1 Å². The fraction of sp³-hybridized carbons (Fsp3) is 0.533. The van der Waals surface area contributed by atoms with Crippen molar-refractivity contribution in [3.63, 3.8) is 0 Å². The molecule has 1 unspecified atom stereocenters. The molecule has 0 saturated heterocycles. The molecule has 112 valence electrons. The Balaban J connectivity index is 2.32. The Morgan fingerprint density at radius 3 is 2.80 bits per heavy atom. The number of aryl methyl sites for hydroxylation is 1. The van der Waals surface area contributed by atoms with E-state index in [1.165, 1.54) is 0 Å². The molecular weight excluding hydrogens is 256 g/mol. The third-order valence-corrected chi connectivity index (χ3v) is 3.11. The Morgan fingerprint density at radius 2 is 2.20 bits per heavy atom. The number of hydrogen-bond donors (Lipinski definition) is 1. The minimum Gasteiger partial charge on any atom is -0.492 e. The summed E-state index contributed by atoms with van der Waals surface area (Å²) in [6.45, 7) is 3.36. The summed E-state index contributed by atoms with van der Waals surface area (Å²) in [6, 6.07) is 7.84. The Bertz CT molecular complexity index is 419. The van der Waals surface area contributed by atoms with Gasteiger partial charge in [-0.25, -0.2) is 0 Å². The molecule has 2 N–H and O–H groups in total. The van der Waals surface area contributed by atoms with Gasteiger partial charge < -0.3 is 20.1 Å². The first-order valence-electron chi connectivity index (χ1n) is 6.73. The van der Waals surface area contributed by atoms with Crippen LogP contribution in [0.15, 0.2) is 24.3 Å². The largest absolute Gasteiger partial charge is 0.492 e. The van der Waals surface area contributed by atoms with Crippen molar-refractivity contribution in [1.82, 2.24) is 4.90 Å². The molecule has 0 spiro atoms. The summed E-state index contributed by atoms with van der Waals surface area (Å²) in [6.07, 6.45) is 0.0798. The molecule has 1 aromatic carbocycles. The standard InChI is InChI=1S/C15H24N2O3/c1-12-5-4-6-13(9-12)20-8-7-17(2)15(18)10-14(11-16)19-3/h4-6,9,14H,7-8,10-11,16H2,1-3H3. The predicted molar refractivity (Wildman–Crippen MR) is 78.8 cm³/mol. The number of amides is 1. The van der Waals surface area contributed by atoms with Crippen LogP contribution in [0.25, 0.3) is 0 Å². The monoisotopic (exact) mass is 280 g/mol. The SMILES string of the molecule is COC(CN)CC(=O)N(C)CCOc1cccc(C)c1. The van der Waals surface area contributed by atoms with Gasteiger partial charge >= 0.3 is 0 Å². The zero-order valence-corrected chi connectivity index (χ0v) is 12.5. The van der Waals surface area contributed by atoms with E-state index in [2.05, 4.69) is 0 Å². The Labute approximate surface area is 120 Å². The van der Waals surface area contributed by atoms with E-state index in [4.69, 9.17) is 15.2 Å². The van der Waals surface area contributed by atoms with Gasteiger partial charge in [-0.3, -0.25) is 4.79 Å². The van der Waals surface area contributed by atoms with Gasteiger partial charge in [-0.2, -0.15) is 0 Å². The number of carbonyl (C=O) groups is 1.